The second-order valence-corrected chi connectivity index (χ2v) is 7.23. The van der Waals surface area contributed by atoms with E-state index in [4.69, 9.17) is 4.98 Å². The largest absolute Gasteiger partial charge is 0.391 e. The Balaban J connectivity index is 1.84. The third kappa shape index (κ3) is 3.69. The quantitative estimate of drug-likeness (QED) is 0.770. The second-order valence-electron chi connectivity index (χ2n) is 7.23. The van der Waals surface area contributed by atoms with Gasteiger partial charge in [0.2, 0.25) is 5.95 Å². The van der Waals surface area contributed by atoms with E-state index in [1.54, 1.807) is 0 Å². The number of aryl methyl sites for hydroxylation is 2. The molecule has 2 heterocycles. The van der Waals surface area contributed by atoms with E-state index in [1.807, 2.05) is 17.0 Å². The van der Waals surface area contributed by atoms with Gasteiger partial charge in [0, 0.05) is 24.2 Å². The fourth-order valence-electron chi connectivity index (χ4n) is 3.52. The summed E-state index contributed by atoms with van der Waals surface area (Å²) in [6.07, 6.45) is 1.43. The van der Waals surface area contributed by atoms with Crippen molar-refractivity contribution >= 4 is 5.95 Å². The van der Waals surface area contributed by atoms with Gasteiger partial charge in [0.25, 0.3) is 0 Å². The van der Waals surface area contributed by atoms with Crippen molar-refractivity contribution in [3.05, 3.63) is 59.7 Å². The lowest BCUT2D eigenvalue weighted by atomic mass is 10.00. The summed E-state index contributed by atoms with van der Waals surface area (Å²) in [6, 6.07) is 16.5. The number of piperidine rings is 1. The van der Waals surface area contributed by atoms with Gasteiger partial charge in [-0.1, -0.05) is 54.1 Å². The highest BCUT2D eigenvalue weighted by Gasteiger charge is 2.22. The van der Waals surface area contributed by atoms with E-state index >= 15 is 0 Å². The van der Waals surface area contributed by atoms with Gasteiger partial charge in [-0.2, -0.15) is 0 Å². The molecule has 4 rings (SSSR count). The number of rotatable bonds is 3. The number of benzene rings is 2. The highest BCUT2D eigenvalue weighted by atomic mass is 16.3. The molecule has 0 bridgehead atoms. The topological polar surface area (TPSA) is 62.1 Å². The number of aliphatic hydroxyl groups is 1. The Morgan fingerprint density at radius 1 is 0.963 bits per heavy atom. The van der Waals surface area contributed by atoms with Crippen LogP contribution in [0.2, 0.25) is 0 Å². The molecule has 27 heavy (non-hydrogen) atoms. The third-order valence-electron chi connectivity index (χ3n) is 5.08. The lowest BCUT2D eigenvalue weighted by molar-refractivity contribution is 0.153. The van der Waals surface area contributed by atoms with Crippen LogP contribution in [0.5, 0.6) is 0 Å². The standard InChI is InChI=1S/C22H24N4O/c1-15-9-11-17(12-10-15)20-21(19-8-4-3-6-16(19)2)23-22(25-24-20)26-13-5-7-18(27)14-26/h3-4,6,8-12,18,27H,5,7,13-14H2,1-2H3. The van der Waals surface area contributed by atoms with Crippen LogP contribution in [0.15, 0.2) is 48.5 Å². The van der Waals surface area contributed by atoms with Gasteiger partial charge < -0.3 is 10.0 Å². The Hall–Kier alpha value is -2.79. The zero-order chi connectivity index (χ0) is 18.8. The van der Waals surface area contributed by atoms with Crippen molar-refractivity contribution in [3.8, 4) is 22.5 Å². The molecule has 1 atom stereocenters. The third-order valence-corrected chi connectivity index (χ3v) is 5.08. The summed E-state index contributed by atoms with van der Waals surface area (Å²) in [4.78, 5) is 6.93. The average Bonchev–Trinajstić information content (AvgIpc) is 2.69. The molecule has 0 amide bonds. The van der Waals surface area contributed by atoms with Gasteiger partial charge in [-0.3, -0.25) is 0 Å². The summed E-state index contributed by atoms with van der Waals surface area (Å²) in [5, 5.41) is 19.0. The molecule has 1 aliphatic heterocycles. The minimum Gasteiger partial charge on any atom is -0.391 e. The molecule has 2 aromatic carbocycles. The maximum atomic E-state index is 10.0. The predicted molar refractivity (Wildman–Crippen MR) is 108 cm³/mol. The molecular weight excluding hydrogens is 336 g/mol. The lowest BCUT2D eigenvalue weighted by Gasteiger charge is -2.30. The maximum Gasteiger partial charge on any atom is 0.246 e. The molecule has 0 radical (unpaired) electrons. The zero-order valence-electron chi connectivity index (χ0n) is 15.8. The number of aromatic nitrogens is 3. The van der Waals surface area contributed by atoms with Crippen molar-refractivity contribution in [1.29, 1.82) is 0 Å². The van der Waals surface area contributed by atoms with Crippen LogP contribution in [-0.4, -0.2) is 39.5 Å². The van der Waals surface area contributed by atoms with E-state index in [0.29, 0.717) is 12.5 Å². The van der Waals surface area contributed by atoms with Gasteiger partial charge in [0.15, 0.2) is 0 Å². The molecule has 1 aromatic heterocycles. The fourth-order valence-corrected chi connectivity index (χ4v) is 3.52. The number of aliphatic hydroxyl groups excluding tert-OH is 1. The monoisotopic (exact) mass is 360 g/mol. The molecule has 1 aliphatic rings. The van der Waals surface area contributed by atoms with Gasteiger partial charge in [-0.25, -0.2) is 4.98 Å². The molecular formula is C22H24N4O. The van der Waals surface area contributed by atoms with E-state index in [9.17, 15) is 5.11 Å². The Labute approximate surface area is 159 Å². The normalized spacial score (nSPS) is 17.1. The summed E-state index contributed by atoms with van der Waals surface area (Å²) in [7, 11) is 0. The minimum atomic E-state index is -0.332. The summed E-state index contributed by atoms with van der Waals surface area (Å²) in [6.45, 7) is 5.55. The zero-order valence-corrected chi connectivity index (χ0v) is 15.8. The Morgan fingerprint density at radius 2 is 1.74 bits per heavy atom. The van der Waals surface area contributed by atoms with Crippen LogP contribution < -0.4 is 4.90 Å². The highest BCUT2D eigenvalue weighted by Crippen LogP contribution is 2.32. The van der Waals surface area contributed by atoms with Crippen molar-refractivity contribution < 1.29 is 5.11 Å². The lowest BCUT2D eigenvalue weighted by Crippen LogP contribution is -2.39. The predicted octanol–water partition coefficient (Wildman–Crippen LogP) is 3.78. The molecule has 0 spiro atoms. The summed E-state index contributed by atoms with van der Waals surface area (Å²) in [5.41, 5.74) is 6.03. The minimum absolute atomic E-state index is 0.332. The number of anilines is 1. The maximum absolute atomic E-state index is 10.0. The van der Waals surface area contributed by atoms with Gasteiger partial charge in [-0.15, -0.1) is 10.2 Å². The number of nitrogens with zero attached hydrogens (tertiary/aromatic N) is 4. The van der Waals surface area contributed by atoms with Crippen molar-refractivity contribution in [2.24, 2.45) is 0 Å². The van der Waals surface area contributed by atoms with Gasteiger partial charge in [-0.05, 0) is 32.3 Å². The van der Waals surface area contributed by atoms with Gasteiger partial charge in [0.05, 0.1) is 6.10 Å². The first-order valence-electron chi connectivity index (χ1n) is 9.42. The molecule has 0 saturated carbocycles. The van der Waals surface area contributed by atoms with Crippen LogP contribution in [0, 0.1) is 13.8 Å². The van der Waals surface area contributed by atoms with Crippen LogP contribution >= 0.6 is 0 Å². The van der Waals surface area contributed by atoms with Crippen molar-refractivity contribution in [2.45, 2.75) is 32.8 Å². The number of β-amino-alcohol motifs (C(OH)–C–C–N with tert-alkyl or cyclic N) is 1. The number of hydrogen-bond acceptors (Lipinski definition) is 5. The second kappa shape index (κ2) is 7.45. The van der Waals surface area contributed by atoms with E-state index in [2.05, 4.69) is 60.4 Å². The smallest absolute Gasteiger partial charge is 0.246 e. The highest BCUT2D eigenvalue weighted by molar-refractivity contribution is 5.79. The van der Waals surface area contributed by atoms with Gasteiger partial charge >= 0.3 is 0 Å². The van der Waals surface area contributed by atoms with Crippen LogP contribution in [0.25, 0.3) is 22.5 Å². The molecule has 1 unspecified atom stereocenters. The van der Waals surface area contributed by atoms with Gasteiger partial charge in [0.1, 0.15) is 11.4 Å². The molecule has 5 heteroatoms. The molecule has 138 valence electrons. The SMILES string of the molecule is Cc1ccc(-c2nnc(N3CCCC(O)C3)nc2-c2ccccc2C)cc1. The van der Waals surface area contributed by atoms with E-state index in [1.165, 1.54) is 5.56 Å². The molecule has 3 aromatic rings. The first kappa shape index (κ1) is 17.6. The Kier molecular flexibility index (Phi) is 4.86. The van der Waals surface area contributed by atoms with Crippen molar-refractivity contribution in [2.75, 3.05) is 18.0 Å². The van der Waals surface area contributed by atoms with Crippen LogP contribution in [0.1, 0.15) is 24.0 Å². The molecule has 1 N–H and O–H groups in total. The van der Waals surface area contributed by atoms with E-state index < -0.39 is 0 Å². The Bertz CT molecular complexity index is 939. The average molecular weight is 360 g/mol. The first-order valence-corrected chi connectivity index (χ1v) is 9.42. The van der Waals surface area contributed by atoms with E-state index in [0.717, 1.165) is 47.5 Å². The first-order chi connectivity index (χ1) is 13.1. The summed E-state index contributed by atoms with van der Waals surface area (Å²) < 4.78 is 0. The molecule has 1 fully saturated rings. The summed E-state index contributed by atoms with van der Waals surface area (Å²) in [5.74, 6) is 0.586. The summed E-state index contributed by atoms with van der Waals surface area (Å²) >= 11 is 0. The van der Waals surface area contributed by atoms with Crippen LogP contribution in [0.4, 0.5) is 5.95 Å². The van der Waals surface area contributed by atoms with Crippen LogP contribution in [0.3, 0.4) is 0 Å². The molecule has 0 aliphatic carbocycles. The number of hydrogen-bond donors (Lipinski definition) is 1. The Morgan fingerprint density at radius 3 is 2.48 bits per heavy atom. The van der Waals surface area contributed by atoms with Crippen molar-refractivity contribution in [1.82, 2.24) is 15.2 Å². The van der Waals surface area contributed by atoms with E-state index in [-0.39, 0.29) is 6.10 Å². The fraction of sp³-hybridized carbons (Fsp3) is 0.318. The molecule has 5 nitrogen and oxygen atoms in total. The van der Waals surface area contributed by atoms with Crippen LogP contribution in [-0.2, 0) is 0 Å². The van der Waals surface area contributed by atoms with Crippen molar-refractivity contribution in [3.63, 3.8) is 0 Å². The molecule has 1 saturated heterocycles.